The second-order valence-corrected chi connectivity index (χ2v) is 4.61. The van der Waals surface area contributed by atoms with Crippen molar-refractivity contribution in [3.05, 3.63) is 17.6 Å². The van der Waals surface area contributed by atoms with Crippen molar-refractivity contribution >= 4 is 38.8 Å². The van der Waals surface area contributed by atoms with Gasteiger partial charge in [-0.15, -0.1) is 11.3 Å². The number of nitrogens with two attached hydrogens (primary N) is 2. The number of anilines is 2. The van der Waals surface area contributed by atoms with E-state index in [1.807, 2.05) is 12.1 Å². The van der Waals surface area contributed by atoms with Gasteiger partial charge in [0.05, 0.1) is 21.6 Å². The molecule has 0 aliphatic heterocycles. The number of thiazole rings is 1. The van der Waals surface area contributed by atoms with Gasteiger partial charge in [0.25, 0.3) is 0 Å². The van der Waals surface area contributed by atoms with Gasteiger partial charge in [-0.05, 0) is 18.6 Å². The molecule has 2 aromatic rings. The van der Waals surface area contributed by atoms with Gasteiger partial charge in [0.1, 0.15) is 5.52 Å². The summed E-state index contributed by atoms with van der Waals surface area (Å²) in [4.78, 5) is 14.8. The summed E-state index contributed by atoms with van der Waals surface area (Å²) in [6.45, 7) is 0.669. The van der Waals surface area contributed by atoms with E-state index in [2.05, 4.69) is 10.3 Å². The first kappa shape index (κ1) is 11.7. The quantitative estimate of drug-likeness (QED) is 0.554. The van der Waals surface area contributed by atoms with Crippen LogP contribution in [0.4, 0.5) is 11.4 Å². The highest BCUT2D eigenvalue weighted by Crippen LogP contribution is 2.29. The highest BCUT2D eigenvalue weighted by molar-refractivity contribution is 7.16. The van der Waals surface area contributed by atoms with Crippen LogP contribution in [0, 0.1) is 0 Å². The predicted molar refractivity (Wildman–Crippen MR) is 71.0 cm³/mol. The molecule has 0 saturated carbocycles. The maximum atomic E-state index is 10.6. The van der Waals surface area contributed by atoms with E-state index in [1.54, 1.807) is 16.8 Å². The van der Waals surface area contributed by atoms with Gasteiger partial charge in [0.2, 0.25) is 5.91 Å². The molecule has 0 radical (unpaired) electrons. The Balaban J connectivity index is 2.03. The number of primary amides is 1. The van der Waals surface area contributed by atoms with Crippen LogP contribution in [0.2, 0.25) is 0 Å². The lowest BCUT2D eigenvalue weighted by molar-refractivity contribution is -0.118. The Hall–Kier alpha value is -1.82. The maximum absolute atomic E-state index is 10.6. The van der Waals surface area contributed by atoms with Crippen molar-refractivity contribution in [2.45, 2.75) is 12.8 Å². The molecule has 1 amide bonds. The van der Waals surface area contributed by atoms with Crippen LogP contribution in [0.3, 0.4) is 0 Å². The fourth-order valence-electron chi connectivity index (χ4n) is 1.59. The van der Waals surface area contributed by atoms with Crippen LogP contribution in [0.5, 0.6) is 0 Å². The van der Waals surface area contributed by atoms with Gasteiger partial charge in [-0.2, -0.15) is 0 Å². The number of nitrogen functional groups attached to an aromatic ring is 1. The van der Waals surface area contributed by atoms with Crippen molar-refractivity contribution in [1.82, 2.24) is 4.98 Å². The van der Waals surface area contributed by atoms with Gasteiger partial charge in [-0.1, -0.05) is 0 Å². The number of amides is 1. The van der Waals surface area contributed by atoms with Gasteiger partial charge < -0.3 is 16.8 Å². The minimum absolute atomic E-state index is 0.283. The standard InChI is InChI=1S/C11H14N4OS/c12-9(16)2-1-5-14-7-3-4-8-11(10(7)13)15-6-17-8/h3-4,6,14H,1-2,5,13H2,(H2,12,16). The number of hydrogen-bond donors (Lipinski definition) is 3. The SMILES string of the molecule is NC(=O)CCCNc1ccc2scnc2c1N. The molecule has 6 heteroatoms. The fourth-order valence-corrected chi connectivity index (χ4v) is 2.28. The monoisotopic (exact) mass is 250 g/mol. The van der Waals surface area contributed by atoms with Gasteiger partial charge in [-0.3, -0.25) is 4.79 Å². The minimum atomic E-state index is -0.283. The van der Waals surface area contributed by atoms with Crippen LogP contribution in [0.15, 0.2) is 17.6 Å². The number of carbonyl (C=O) groups is 1. The first-order chi connectivity index (χ1) is 8.18. The fraction of sp³-hybridized carbons (Fsp3) is 0.273. The lowest BCUT2D eigenvalue weighted by Crippen LogP contribution is -2.13. The van der Waals surface area contributed by atoms with Crippen LogP contribution in [-0.2, 0) is 4.79 Å². The number of rotatable bonds is 5. The molecule has 90 valence electrons. The molecule has 1 aromatic carbocycles. The van der Waals surface area contributed by atoms with Crippen molar-refractivity contribution in [2.75, 3.05) is 17.6 Å². The number of fused-ring (bicyclic) bond motifs is 1. The van der Waals surface area contributed by atoms with Crippen LogP contribution >= 0.6 is 11.3 Å². The Morgan fingerprint density at radius 3 is 3.06 bits per heavy atom. The van der Waals surface area contributed by atoms with Crippen molar-refractivity contribution in [1.29, 1.82) is 0 Å². The van der Waals surface area contributed by atoms with E-state index >= 15 is 0 Å². The lowest BCUT2D eigenvalue weighted by Gasteiger charge is -2.08. The first-order valence-corrected chi connectivity index (χ1v) is 6.20. The van der Waals surface area contributed by atoms with E-state index in [9.17, 15) is 4.79 Å². The molecule has 0 bridgehead atoms. The van der Waals surface area contributed by atoms with Gasteiger partial charge in [0.15, 0.2) is 0 Å². The Morgan fingerprint density at radius 1 is 1.47 bits per heavy atom. The molecule has 0 unspecified atom stereocenters. The van der Waals surface area contributed by atoms with Crippen LogP contribution in [0.1, 0.15) is 12.8 Å². The van der Waals surface area contributed by atoms with E-state index in [-0.39, 0.29) is 5.91 Å². The Morgan fingerprint density at radius 2 is 2.29 bits per heavy atom. The number of nitrogens with zero attached hydrogens (tertiary/aromatic N) is 1. The molecule has 0 spiro atoms. The number of carbonyl (C=O) groups excluding carboxylic acids is 1. The zero-order valence-corrected chi connectivity index (χ0v) is 10.1. The van der Waals surface area contributed by atoms with E-state index in [1.165, 1.54) is 0 Å². The lowest BCUT2D eigenvalue weighted by atomic mass is 10.2. The van der Waals surface area contributed by atoms with E-state index in [0.717, 1.165) is 15.9 Å². The molecule has 5 N–H and O–H groups in total. The summed E-state index contributed by atoms with van der Waals surface area (Å²) >= 11 is 1.56. The zero-order chi connectivity index (χ0) is 12.3. The number of aromatic nitrogens is 1. The molecular formula is C11H14N4OS. The third-order valence-corrected chi connectivity index (χ3v) is 3.25. The highest BCUT2D eigenvalue weighted by Gasteiger charge is 2.06. The smallest absolute Gasteiger partial charge is 0.217 e. The molecule has 0 fully saturated rings. The molecule has 1 heterocycles. The summed E-state index contributed by atoms with van der Waals surface area (Å²) in [6.07, 6.45) is 1.08. The summed E-state index contributed by atoms with van der Waals surface area (Å²) in [7, 11) is 0. The average Bonchev–Trinajstić information content (AvgIpc) is 2.75. The molecule has 0 aliphatic carbocycles. The van der Waals surface area contributed by atoms with Gasteiger partial charge in [-0.25, -0.2) is 4.98 Å². The third kappa shape index (κ3) is 2.65. The summed E-state index contributed by atoms with van der Waals surface area (Å²) in [5, 5.41) is 3.18. The summed E-state index contributed by atoms with van der Waals surface area (Å²) in [5.74, 6) is -0.283. The van der Waals surface area contributed by atoms with Crippen molar-refractivity contribution in [3.63, 3.8) is 0 Å². The largest absolute Gasteiger partial charge is 0.395 e. The molecule has 0 aliphatic rings. The van der Waals surface area contributed by atoms with Gasteiger partial charge in [0, 0.05) is 13.0 Å². The second kappa shape index (κ2) is 5.01. The topological polar surface area (TPSA) is 94.0 Å². The molecular weight excluding hydrogens is 236 g/mol. The Bertz CT molecular complexity index is 537. The van der Waals surface area contributed by atoms with Crippen LogP contribution in [-0.4, -0.2) is 17.4 Å². The van der Waals surface area contributed by atoms with Crippen molar-refractivity contribution < 1.29 is 4.79 Å². The summed E-state index contributed by atoms with van der Waals surface area (Å²) in [6, 6.07) is 3.92. The molecule has 0 atom stereocenters. The predicted octanol–water partition coefficient (Wildman–Crippen LogP) is 1.56. The normalized spacial score (nSPS) is 10.6. The number of benzene rings is 1. The number of hydrogen-bond acceptors (Lipinski definition) is 5. The molecule has 2 rings (SSSR count). The van der Waals surface area contributed by atoms with E-state index in [0.29, 0.717) is 25.1 Å². The Kier molecular flexibility index (Phi) is 3.43. The van der Waals surface area contributed by atoms with E-state index in [4.69, 9.17) is 11.5 Å². The van der Waals surface area contributed by atoms with Crippen LogP contribution < -0.4 is 16.8 Å². The average molecular weight is 250 g/mol. The third-order valence-electron chi connectivity index (χ3n) is 2.46. The van der Waals surface area contributed by atoms with Crippen molar-refractivity contribution in [3.8, 4) is 0 Å². The van der Waals surface area contributed by atoms with Crippen molar-refractivity contribution in [2.24, 2.45) is 5.73 Å². The highest BCUT2D eigenvalue weighted by atomic mass is 32.1. The number of nitrogens with one attached hydrogen (secondary N) is 1. The van der Waals surface area contributed by atoms with Gasteiger partial charge >= 0.3 is 0 Å². The Labute approximate surface area is 103 Å². The molecule has 0 saturated heterocycles. The summed E-state index contributed by atoms with van der Waals surface area (Å²) in [5.41, 5.74) is 15.2. The van der Waals surface area contributed by atoms with E-state index < -0.39 is 0 Å². The summed E-state index contributed by atoms with van der Waals surface area (Å²) < 4.78 is 1.07. The molecule has 17 heavy (non-hydrogen) atoms. The molecule has 1 aromatic heterocycles. The maximum Gasteiger partial charge on any atom is 0.217 e. The molecule has 5 nitrogen and oxygen atoms in total. The zero-order valence-electron chi connectivity index (χ0n) is 9.27. The van der Waals surface area contributed by atoms with Crippen LogP contribution in [0.25, 0.3) is 10.2 Å². The second-order valence-electron chi connectivity index (χ2n) is 3.72. The minimum Gasteiger partial charge on any atom is -0.395 e. The first-order valence-electron chi connectivity index (χ1n) is 5.32.